The topological polar surface area (TPSA) is 89.3 Å². The number of anilines is 1. The average molecular weight is 242 g/mol. The highest BCUT2D eigenvalue weighted by molar-refractivity contribution is 7.90. The Morgan fingerprint density at radius 1 is 1.44 bits per heavy atom. The molecule has 16 heavy (non-hydrogen) atoms. The Kier molecular flexibility index (Phi) is 3.54. The minimum absolute atomic E-state index is 0.132. The first-order valence-corrected chi connectivity index (χ1v) is 6.42. The maximum absolute atomic E-state index is 11.6. The van der Waals surface area contributed by atoms with E-state index >= 15 is 0 Å². The van der Waals surface area contributed by atoms with Crippen molar-refractivity contribution in [2.45, 2.75) is 13.8 Å². The summed E-state index contributed by atoms with van der Waals surface area (Å²) in [5.74, 6) is -0.767. The summed E-state index contributed by atoms with van der Waals surface area (Å²) >= 11 is 0. The number of amides is 1. The molecule has 0 saturated carbocycles. The number of carbonyl (C=O) groups excluding carboxylic acids is 1. The fourth-order valence-electron chi connectivity index (χ4n) is 1.09. The van der Waals surface area contributed by atoms with E-state index in [4.69, 9.17) is 5.73 Å². The molecule has 1 aromatic rings. The number of nitrogens with one attached hydrogen (secondary N) is 1. The largest absolute Gasteiger partial charge is 0.399 e. The molecule has 0 unspecified atom stereocenters. The van der Waals surface area contributed by atoms with Crippen LogP contribution in [0.25, 0.3) is 0 Å². The smallest absolute Gasteiger partial charge is 0.264 e. The number of carbonyl (C=O) groups is 1. The fourth-order valence-corrected chi connectivity index (χ4v) is 1.63. The lowest BCUT2D eigenvalue weighted by molar-refractivity contribution is 0.0981. The van der Waals surface area contributed by atoms with Crippen LogP contribution in [0.1, 0.15) is 22.8 Å². The van der Waals surface area contributed by atoms with Crippen LogP contribution in [0.2, 0.25) is 0 Å². The van der Waals surface area contributed by atoms with E-state index in [1.165, 1.54) is 13.0 Å². The molecule has 1 aromatic carbocycles. The monoisotopic (exact) mass is 242 g/mol. The third kappa shape index (κ3) is 2.96. The quantitative estimate of drug-likeness (QED) is 0.762. The molecule has 0 spiro atoms. The fraction of sp³-hybridized carbons (Fsp3) is 0.300. The van der Waals surface area contributed by atoms with Gasteiger partial charge in [0.2, 0.25) is 10.0 Å². The van der Waals surface area contributed by atoms with Crippen molar-refractivity contribution in [3.05, 3.63) is 29.3 Å². The zero-order chi connectivity index (χ0) is 12.3. The lowest BCUT2D eigenvalue weighted by Gasteiger charge is -2.06. The van der Waals surface area contributed by atoms with E-state index < -0.39 is 15.9 Å². The lowest BCUT2D eigenvalue weighted by atomic mass is 10.1. The van der Waals surface area contributed by atoms with Crippen LogP contribution in [-0.4, -0.2) is 20.1 Å². The van der Waals surface area contributed by atoms with Crippen molar-refractivity contribution in [2.75, 3.05) is 11.5 Å². The average Bonchev–Trinajstić information content (AvgIpc) is 2.21. The third-order valence-electron chi connectivity index (χ3n) is 2.16. The van der Waals surface area contributed by atoms with E-state index in [9.17, 15) is 13.2 Å². The number of nitrogen functional groups attached to an aromatic ring is 1. The molecule has 0 aromatic heterocycles. The zero-order valence-electron chi connectivity index (χ0n) is 9.15. The van der Waals surface area contributed by atoms with Crippen LogP contribution < -0.4 is 10.5 Å². The molecule has 1 rings (SSSR count). The number of hydrogen-bond donors (Lipinski definition) is 2. The van der Waals surface area contributed by atoms with Crippen LogP contribution in [0.3, 0.4) is 0 Å². The summed E-state index contributed by atoms with van der Waals surface area (Å²) in [5, 5.41) is 0. The predicted octanol–water partition coefficient (Wildman–Crippen LogP) is 0.657. The van der Waals surface area contributed by atoms with Crippen LogP contribution in [0.4, 0.5) is 5.69 Å². The van der Waals surface area contributed by atoms with Gasteiger partial charge in [-0.2, -0.15) is 0 Å². The maximum Gasteiger partial charge on any atom is 0.264 e. The van der Waals surface area contributed by atoms with Gasteiger partial charge in [0.05, 0.1) is 5.75 Å². The summed E-state index contributed by atoms with van der Waals surface area (Å²) in [6.45, 7) is 3.21. The van der Waals surface area contributed by atoms with Crippen LogP contribution in [0.5, 0.6) is 0 Å². The molecule has 0 aliphatic rings. The first-order valence-electron chi connectivity index (χ1n) is 4.76. The molecule has 0 aliphatic carbocycles. The number of benzene rings is 1. The minimum atomic E-state index is -3.52. The summed E-state index contributed by atoms with van der Waals surface area (Å²) in [6.07, 6.45) is 0. The van der Waals surface area contributed by atoms with Crippen LogP contribution >= 0.6 is 0 Å². The molecule has 3 N–H and O–H groups in total. The Bertz CT molecular complexity index is 509. The highest BCUT2D eigenvalue weighted by atomic mass is 32.2. The summed E-state index contributed by atoms with van der Waals surface area (Å²) in [7, 11) is -3.52. The second kappa shape index (κ2) is 4.52. The molecule has 0 fully saturated rings. The molecular weight excluding hydrogens is 228 g/mol. The third-order valence-corrected chi connectivity index (χ3v) is 3.42. The van der Waals surface area contributed by atoms with E-state index in [0.29, 0.717) is 5.69 Å². The van der Waals surface area contributed by atoms with E-state index in [2.05, 4.69) is 0 Å². The molecule has 0 radical (unpaired) electrons. The number of nitrogens with two attached hydrogens (primary N) is 1. The first-order chi connectivity index (χ1) is 7.35. The number of rotatable bonds is 3. The minimum Gasteiger partial charge on any atom is -0.399 e. The maximum atomic E-state index is 11.6. The molecule has 0 bridgehead atoms. The zero-order valence-corrected chi connectivity index (χ0v) is 9.97. The standard InChI is InChI=1S/C10H14N2O3S/c1-3-16(14,15)12-10(13)8-4-5-9(11)7(2)6-8/h4-6H,3,11H2,1-2H3,(H,12,13). The van der Waals surface area contributed by atoms with Crippen molar-refractivity contribution < 1.29 is 13.2 Å². The van der Waals surface area contributed by atoms with Gasteiger partial charge in [-0.25, -0.2) is 13.1 Å². The molecule has 1 amide bonds. The van der Waals surface area contributed by atoms with Crippen molar-refractivity contribution in [1.82, 2.24) is 4.72 Å². The van der Waals surface area contributed by atoms with Gasteiger partial charge in [0.1, 0.15) is 0 Å². The summed E-state index contributed by atoms with van der Waals surface area (Å²) in [6, 6.07) is 4.61. The van der Waals surface area contributed by atoms with Gasteiger partial charge in [-0.1, -0.05) is 0 Å². The van der Waals surface area contributed by atoms with E-state index in [1.807, 2.05) is 4.72 Å². The lowest BCUT2D eigenvalue weighted by Crippen LogP contribution is -2.31. The number of aryl methyl sites for hydroxylation is 1. The van der Waals surface area contributed by atoms with Gasteiger partial charge in [-0.15, -0.1) is 0 Å². The Morgan fingerprint density at radius 2 is 2.06 bits per heavy atom. The molecule has 0 atom stereocenters. The normalized spacial score (nSPS) is 11.1. The predicted molar refractivity (Wildman–Crippen MR) is 62.5 cm³/mol. The van der Waals surface area contributed by atoms with Crippen molar-refractivity contribution in [2.24, 2.45) is 0 Å². The number of sulfonamides is 1. The SMILES string of the molecule is CCS(=O)(=O)NC(=O)c1ccc(N)c(C)c1. The van der Waals surface area contributed by atoms with Gasteiger partial charge in [-0.3, -0.25) is 4.79 Å². The van der Waals surface area contributed by atoms with Gasteiger partial charge in [0, 0.05) is 11.3 Å². The van der Waals surface area contributed by atoms with Crippen molar-refractivity contribution in [3.8, 4) is 0 Å². The molecule has 6 heteroatoms. The Hall–Kier alpha value is -1.56. The van der Waals surface area contributed by atoms with E-state index in [1.54, 1.807) is 19.1 Å². The number of hydrogen-bond acceptors (Lipinski definition) is 4. The molecule has 5 nitrogen and oxygen atoms in total. The molecule has 0 saturated heterocycles. The Labute approximate surface area is 94.7 Å². The van der Waals surface area contributed by atoms with E-state index in [0.717, 1.165) is 5.56 Å². The molecule has 88 valence electrons. The van der Waals surface area contributed by atoms with Gasteiger partial charge in [-0.05, 0) is 37.6 Å². The van der Waals surface area contributed by atoms with Gasteiger partial charge in [0.15, 0.2) is 0 Å². The molecular formula is C10H14N2O3S. The summed E-state index contributed by atoms with van der Waals surface area (Å²) in [4.78, 5) is 11.6. The van der Waals surface area contributed by atoms with Gasteiger partial charge >= 0.3 is 0 Å². The second-order valence-electron chi connectivity index (χ2n) is 3.41. The van der Waals surface area contributed by atoms with Gasteiger partial charge in [0.25, 0.3) is 5.91 Å². The van der Waals surface area contributed by atoms with Crippen LogP contribution in [-0.2, 0) is 10.0 Å². The highest BCUT2D eigenvalue weighted by Gasteiger charge is 2.14. The Balaban J connectivity index is 2.94. The Morgan fingerprint density at radius 3 is 2.56 bits per heavy atom. The molecule has 0 heterocycles. The van der Waals surface area contributed by atoms with Crippen LogP contribution in [0.15, 0.2) is 18.2 Å². The van der Waals surface area contributed by atoms with Crippen molar-refractivity contribution in [3.63, 3.8) is 0 Å². The molecule has 0 aliphatic heterocycles. The van der Waals surface area contributed by atoms with Crippen molar-refractivity contribution in [1.29, 1.82) is 0 Å². The second-order valence-corrected chi connectivity index (χ2v) is 5.42. The summed E-state index contributed by atoms with van der Waals surface area (Å²) in [5.41, 5.74) is 7.18. The van der Waals surface area contributed by atoms with Gasteiger partial charge < -0.3 is 5.73 Å². The van der Waals surface area contributed by atoms with Crippen molar-refractivity contribution >= 4 is 21.6 Å². The van der Waals surface area contributed by atoms with E-state index in [-0.39, 0.29) is 11.3 Å². The summed E-state index contributed by atoms with van der Waals surface area (Å²) < 4.78 is 24.3. The van der Waals surface area contributed by atoms with Crippen LogP contribution in [0, 0.1) is 6.92 Å². The first kappa shape index (κ1) is 12.5. The highest BCUT2D eigenvalue weighted by Crippen LogP contribution is 2.12.